The van der Waals surface area contributed by atoms with Crippen molar-refractivity contribution in [2.75, 3.05) is 6.61 Å². The second-order valence-corrected chi connectivity index (χ2v) is 4.43. The van der Waals surface area contributed by atoms with Crippen molar-refractivity contribution in [3.8, 4) is 0 Å². The summed E-state index contributed by atoms with van der Waals surface area (Å²) in [6, 6.07) is 0. The van der Waals surface area contributed by atoms with Crippen molar-refractivity contribution >= 4 is 17.7 Å². The van der Waals surface area contributed by atoms with Crippen LogP contribution in [0.15, 0.2) is 12.2 Å². The average molecular weight is 270 g/mol. The lowest BCUT2D eigenvalue weighted by molar-refractivity contribution is -0.195. The second kappa shape index (κ2) is 7.04. The van der Waals surface area contributed by atoms with Gasteiger partial charge in [0.25, 0.3) is 0 Å². The lowest BCUT2D eigenvalue weighted by Crippen LogP contribution is -2.35. The lowest BCUT2D eigenvalue weighted by Gasteiger charge is -2.26. The van der Waals surface area contributed by atoms with Crippen molar-refractivity contribution in [1.29, 1.82) is 0 Å². The van der Waals surface area contributed by atoms with Gasteiger partial charge in [-0.3, -0.25) is 14.4 Å². The highest BCUT2D eigenvalue weighted by molar-refractivity contribution is 5.94. The summed E-state index contributed by atoms with van der Waals surface area (Å²) in [6.45, 7) is 4.56. The zero-order valence-corrected chi connectivity index (χ0v) is 11.3. The Morgan fingerprint density at radius 2 is 1.95 bits per heavy atom. The van der Waals surface area contributed by atoms with E-state index in [2.05, 4.69) is 0 Å². The number of carbonyl (C=O) groups excluding carboxylic acids is 3. The molecule has 106 valence electrons. The van der Waals surface area contributed by atoms with Crippen molar-refractivity contribution in [2.45, 2.75) is 39.6 Å². The predicted octanol–water partition coefficient (Wildman–Crippen LogP) is 0.989. The average Bonchev–Trinajstić information content (AvgIpc) is 2.30. The quantitative estimate of drug-likeness (QED) is 0.547. The van der Waals surface area contributed by atoms with Gasteiger partial charge in [-0.25, -0.2) is 0 Å². The summed E-state index contributed by atoms with van der Waals surface area (Å²) in [5.74, 6) is -1.57. The molecule has 0 aliphatic carbocycles. The topological polar surface area (TPSA) is 78.9 Å². The molecule has 0 bridgehead atoms. The minimum Gasteiger partial charge on any atom is -0.425 e. The van der Waals surface area contributed by atoms with Crippen LogP contribution in [0.25, 0.3) is 0 Å². The normalized spacial score (nSPS) is 20.2. The molecule has 0 aromatic rings. The third-order valence-corrected chi connectivity index (χ3v) is 2.61. The van der Waals surface area contributed by atoms with Gasteiger partial charge in [-0.1, -0.05) is 13.0 Å². The predicted molar refractivity (Wildman–Crippen MR) is 65.0 cm³/mol. The fourth-order valence-corrected chi connectivity index (χ4v) is 1.74. The van der Waals surface area contributed by atoms with E-state index in [1.54, 1.807) is 13.0 Å². The highest BCUT2D eigenvalue weighted by Gasteiger charge is 2.29. The first kappa shape index (κ1) is 15.4. The first-order chi connectivity index (χ1) is 8.90. The van der Waals surface area contributed by atoms with Gasteiger partial charge >= 0.3 is 11.9 Å². The molecule has 0 fully saturated rings. The summed E-state index contributed by atoms with van der Waals surface area (Å²) in [5, 5.41) is 0. The van der Waals surface area contributed by atoms with Crippen LogP contribution in [0.5, 0.6) is 0 Å². The molecule has 1 rings (SSSR count). The molecule has 19 heavy (non-hydrogen) atoms. The van der Waals surface area contributed by atoms with Gasteiger partial charge in [0.1, 0.15) is 6.10 Å². The SMILES string of the molecule is CC(=O)OC(OC(C)=O)C(C)C[C@@H]1OCC=CC1=O. The van der Waals surface area contributed by atoms with Gasteiger partial charge in [0.2, 0.25) is 6.29 Å². The van der Waals surface area contributed by atoms with E-state index in [1.807, 2.05) is 0 Å². The molecular formula is C13H18O6. The Morgan fingerprint density at radius 1 is 1.37 bits per heavy atom. The summed E-state index contributed by atoms with van der Waals surface area (Å²) in [4.78, 5) is 33.5. The van der Waals surface area contributed by atoms with Crippen LogP contribution >= 0.6 is 0 Å². The van der Waals surface area contributed by atoms with Crippen molar-refractivity contribution in [3.63, 3.8) is 0 Å². The summed E-state index contributed by atoms with van der Waals surface area (Å²) in [6.07, 6.45) is 1.83. The third-order valence-electron chi connectivity index (χ3n) is 2.61. The van der Waals surface area contributed by atoms with E-state index in [0.717, 1.165) is 0 Å². The lowest BCUT2D eigenvalue weighted by atomic mass is 9.99. The Hall–Kier alpha value is -1.69. The largest absolute Gasteiger partial charge is 0.425 e. The number of esters is 2. The van der Waals surface area contributed by atoms with Crippen LogP contribution in [0.1, 0.15) is 27.2 Å². The number of carbonyl (C=O) groups is 3. The molecule has 0 radical (unpaired) electrons. The molecule has 0 saturated carbocycles. The maximum absolute atomic E-state index is 11.6. The fraction of sp³-hybridized carbons (Fsp3) is 0.615. The van der Waals surface area contributed by atoms with E-state index in [1.165, 1.54) is 19.9 Å². The van der Waals surface area contributed by atoms with Gasteiger partial charge in [0.05, 0.1) is 6.61 Å². The molecule has 0 aromatic heterocycles. The minimum atomic E-state index is -1.00. The summed E-state index contributed by atoms with van der Waals surface area (Å²) in [7, 11) is 0. The highest BCUT2D eigenvalue weighted by Crippen LogP contribution is 2.20. The van der Waals surface area contributed by atoms with Gasteiger partial charge < -0.3 is 14.2 Å². The molecule has 1 unspecified atom stereocenters. The Balaban J connectivity index is 2.62. The molecule has 1 aliphatic heterocycles. The van der Waals surface area contributed by atoms with Crippen LogP contribution in [0.2, 0.25) is 0 Å². The third kappa shape index (κ3) is 5.21. The van der Waals surface area contributed by atoms with Crippen LogP contribution in [0, 0.1) is 5.92 Å². The Bertz CT molecular complexity index is 371. The van der Waals surface area contributed by atoms with Crippen molar-refractivity contribution in [1.82, 2.24) is 0 Å². The molecule has 0 saturated heterocycles. The Labute approximate surface area is 111 Å². The monoisotopic (exact) mass is 270 g/mol. The number of rotatable bonds is 5. The molecule has 6 heteroatoms. The number of ketones is 1. The number of hydrogen-bond acceptors (Lipinski definition) is 6. The summed E-state index contributed by atoms with van der Waals surface area (Å²) < 4.78 is 15.2. The van der Waals surface area contributed by atoms with Crippen LogP contribution in [-0.4, -0.2) is 36.7 Å². The van der Waals surface area contributed by atoms with Crippen LogP contribution in [-0.2, 0) is 28.6 Å². The standard InChI is InChI=1S/C13H18O6/c1-8(7-12-11(16)5-4-6-17-12)13(18-9(2)14)19-10(3)15/h4-5,8,12-13H,6-7H2,1-3H3/t8?,12-/m0/s1. The smallest absolute Gasteiger partial charge is 0.305 e. The Morgan fingerprint density at radius 3 is 2.42 bits per heavy atom. The molecule has 6 nitrogen and oxygen atoms in total. The molecule has 0 amide bonds. The van der Waals surface area contributed by atoms with E-state index in [9.17, 15) is 14.4 Å². The fourth-order valence-electron chi connectivity index (χ4n) is 1.74. The minimum absolute atomic E-state index is 0.137. The van der Waals surface area contributed by atoms with E-state index in [0.29, 0.717) is 13.0 Å². The maximum Gasteiger partial charge on any atom is 0.305 e. The molecule has 0 N–H and O–H groups in total. The highest BCUT2D eigenvalue weighted by atomic mass is 16.7. The molecule has 0 aromatic carbocycles. The van der Waals surface area contributed by atoms with Crippen LogP contribution in [0.4, 0.5) is 0 Å². The van der Waals surface area contributed by atoms with Crippen molar-refractivity contribution < 1.29 is 28.6 Å². The Kier molecular flexibility index (Phi) is 5.69. The second-order valence-electron chi connectivity index (χ2n) is 4.43. The number of hydrogen-bond donors (Lipinski definition) is 0. The van der Waals surface area contributed by atoms with Gasteiger partial charge in [0, 0.05) is 19.8 Å². The van der Waals surface area contributed by atoms with Gasteiger partial charge in [-0.05, 0) is 12.5 Å². The van der Waals surface area contributed by atoms with Crippen LogP contribution in [0.3, 0.4) is 0 Å². The van der Waals surface area contributed by atoms with Crippen molar-refractivity contribution in [3.05, 3.63) is 12.2 Å². The zero-order chi connectivity index (χ0) is 14.4. The molecule has 1 aliphatic rings. The molecule has 1 heterocycles. The van der Waals surface area contributed by atoms with E-state index in [4.69, 9.17) is 14.2 Å². The summed E-state index contributed by atoms with van der Waals surface area (Å²) in [5.41, 5.74) is 0. The molecular weight excluding hydrogens is 252 g/mol. The first-order valence-corrected chi connectivity index (χ1v) is 6.06. The van der Waals surface area contributed by atoms with E-state index >= 15 is 0 Å². The van der Waals surface area contributed by atoms with Crippen LogP contribution < -0.4 is 0 Å². The molecule has 0 spiro atoms. The first-order valence-electron chi connectivity index (χ1n) is 6.06. The zero-order valence-electron chi connectivity index (χ0n) is 11.3. The van der Waals surface area contributed by atoms with E-state index < -0.39 is 24.3 Å². The van der Waals surface area contributed by atoms with Gasteiger partial charge in [-0.2, -0.15) is 0 Å². The summed E-state index contributed by atoms with van der Waals surface area (Å²) >= 11 is 0. The van der Waals surface area contributed by atoms with Crippen molar-refractivity contribution in [2.24, 2.45) is 5.92 Å². The van der Waals surface area contributed by atoms with Gasteiger partial charge in [-0.15, -0.1) is 0 Å². The maximum atomic E-state index is 11.6. The van der Waals surface area contributed by atoms with E-state index in [-0.39, 0.29) is 11.7 Å². The van der Waals surface area contributed by atoms with Gasteiger partial charge in [0.15, 0.2) is 5.78 Å². The molecule has 2 atom stereocenters. The number of ether oxygens (including phenoxy) is 3.